The molecule has 1 heterocycles. The van der Waals surface area contributed by atoms with Gasteiger partial charge >= 0.3 is 0 Å². The number of halogens is 1. The zero-order valence-electron chi connectivity index (χ0n) is 18.2. The molecule has 1 aliphatic heterocycles. The Morgan fingerprint density at radius 3 is 2.17 bits per heavy atom. The molecule has 8 heteroatoms. The normalized spacial score (nSPS) is 16.2. The summed E-state index contributed by atoms with van der Waals surface area (Å²) in [5.74, 6) is 0.685. The van der Waals surface area contributed by atoms with Gasteiger partial charge in [-0.3, -0.25) is 4.99 Å². The number of benzene rings is 1. The predicted octanol–water partition coefficient (Wildman–Crippen LogP) is 3.03. The number of aliphatic imine (C=N–C) groups is 1. The van der Waals surface area contributed by atoms with Crippen molar-refractivity contribution in [3.63, 3.8) is 0 Å². The van der Waals surface area contributed by atoms with E-state index in [4.69, 9.17) is 0 Å². The molecule has 29 heavy (non-hydrogen) atoms. The summed E-state index contributed by atoms with van der Waals surface area (Å²) in [6.45, 7) is 10.8. The van der Waals surface area contributed by atoms with Crippen LogP contribution in [0.2, 0.25) is 0 Å². The lowest BCUT2D eigenvalue weighted by atomic mass is 9.87. The molecule has 6 nitrogen and oxygen atoms in total. The Balaban J connectivity index is 0.00000420. The van der Waals surface area contributed by atoms with Gasteiger partial charge in [-0.2, -0.15) is 0 Å². The van der Waals surface area contributed by atoms with Crippen molar-refractivity contribution in [3.05, 3.63) is 29.8 Å². The number of nitrogens with zero attached hydrogens (tertiary/aromatic N) is 2. The summed E-state index contributed by atoms with van der Waals surface area (Å²) >= 11 is 0. The molecule has 1 fully saturated rings. The molecule has 166 valence electrons. The highest BCUT2D eigenvalue weighted by Crippen LogP contribution is 2.23. The lowest BCUT2D eigenvalue weighted by Gasteiger charge is -2.26. The third-order valence-corrected chi connectivity index (χ3v) is 6.87. The van der Waals surface area contributed by atoms with E-state index in [0.717, 1.165) is 18.7 Å². The van der Waals surface area contributed by atoms with E-state index in [0.29, 0.717) is 17.4 Å². The largest absolute Gasteiger partial charge is 0.355 e. The van der Waals surface area contributed by atoms with Crippen LogP contribution in [0.5, 0.6) is 0 Å². The molecule has 0 atom stereocenters. The summed E-state index contributed by atoms with van der Waals surface area (Å²) in [6, 6.07) is 7.23. The van der Waals surface area contributed by atoms with Crippen LogP contribution in [0.4, 0.5) is 0 Å². The Labute approximate surface area is 193 Å². The summed E-state index contributed by atoms with van der Waals surface area (Å²) in [5, 5.41) is 6.38. The van der Waals surface area contributed by atoms with Gasteiger partial charge in [0.15, 0.2) is 15.8 Å². The summed E-state index contributed by atoms with van der Waals surface area (Å²) in [6.07, 6.45) is 3.89. The number of hydrogen-bond donors (Lipinski definition) is 2. The van der Waals surface area contributed by atoms with Crippen molar-refractivity contribution >= 4 is 39.8 Å². The second-order valence-corrected chi connectivity index (χ2v) is 10.5. The van der Waals surface area contributed by atoms with Crippen molar-refractivity contribution in [3.8, 4) is 0 Å². The number of piperidine rings is 1. The number of rotatable bonds is 7. The number of nitrogens with one attached hydrogen (secondary N) is 2. The minimum Gasteiger partial charge on any atom is -0.355 e. The summed E-state index contributed by atoms with van der Waals surface area (Å²) in [5.41, 5.74) is 1.14. The minimum atomic E-state index is -3.32. The maximum atomic E-state index is 12.6. The van der Waals surface area contributed by atoms with E-state index in [2.05, 4.69) is 41.3 Å². The second-order valence-electron chi connectivity index (χ2n) is 8.42. The molecule has 0 amide bonds. The average molecular weight is 537 g/mol. The first-order valence-corrected chi connectivity index (χ1v) is 11.9. The van der Waals surface area contributed by atoms with Gasteiger partial charge < -0.3 is 15.5 Å². The topological polar surface area (TPSA) is 73.8 Å². The molecule has 1 aromatic rings. The molecule has 1 aromatic carbocycles. The van der Waals surface area contributed by atoms with Gasteiger partial charge in [0.05, 0.1) is 10.6 Å². The van der Waals surface area contributed by atoms with Crippen molar-refractivity contribution in [1.82, 2.24) is 15.5 Å². The summed E-state index contributed by atoms with van der Waals surface area (Å²) in [4.78, 5) is 7.01. The number of likely N-dealkylation sites (tertiary alicyclic amines) is 1. The van der Waals surface area contributed by atoms with Crippen LogP contribution in [-0.2, 0) is 15.3 Å². The van der Waals surface area contributed by atoms with E-state index in [1.807, 2.05) is 12.1 Å². The van der Waals surface area contributed by atoms with Crippen molar-refractivity contribution < 1.29 is 8.42 Å². The second kappa shape index (κ2) is 12.1. The first-order valence-electron chi connectivity index (χ1n) is 10.2. The van der Waals surface area contributed by atoms with Gasteiger partial charge in [0.2, 0.25) is 0 Å². The first-order chi connectivity index (χ1) is 13.2. The fraction of sp³-hybridized carbons (Fsp3) is 0.667. The fourth-order valence-corrected chi connectivity index (χ4v) is 4.48. The van der Waals surface area contributed by atoms with Gasteiger partial charge in [-0.1, -0.05) is 39.3 Å². The number of hydrogen-bond acceptors (Lipinski definition) is 4. The highest BCUT2D eigenvalue weighted by Gasteiger charge is 2.18. The number of guanidine groups is 1. The van der Waals surface area contributed by atoms with Crippen molar-refractivity contribution in [2.45, 2.75) is 50.3 Å². The molecule has 0 bridgehead atoms. The van der Waals surface area contributed by atoms with E-state index in [9.17, 15) is 8.42 Å². The Morgan fingerprint density at radius 1 is 1.03 bits per heavy atom. The molecule has 1 saturated heterocycles. The summed E-state index contributed by atoms with van der Waals surface area (Å²) < 4.78 is 25.2. The molecule has 0 spiro atoms. The smallest absolute Gasteiger partial charge is 0.191 e. The molecule has 2 rings (SSSR count). The first kappa shape index (κ1) is 26.2. The van der Waals surface area contributed by atoms with Crippen LogP contribution in [-0.4, -0.2) is 64.8 Å². The zero-order valence-corrected chi connectivity index (χ0v) is 21.3. The fourth-order valence-electron chi connectivity index (χ4n) is 3.32. The van der Waals surface area contributed by atoms with E-state index in [1.54, 1.807) is 19.2 Å². The van der Waals surface area contributed by atoms with Crippen LogP contribution in [0.25, 0.3) is 0 Å². The molecule has 0 radical (unpaired) electrons. The van der Waals surface area contributed by atoms with E-state index in [-0.39, 0.29) is 35.1 Å². The van der Waals surface area contributed by atoms with Gasteiger partial charge in [-0.25, -0.2) is 8.42 Å². The van der Waals surface area contributed by atoms with Gasteiger partial charge in [-0.15, -0.1) is 24.0 Å². The highest BCUT2D eigenvalue weighted by atomic mass is 127. The average Bonchev–Trinajstić information content (AvgIpc) is 2.67. The van der Waals surface area contributed by atoms with Crippen LogP contribution in [0.15, 0.2) is 34.2 Å². The molecular formula is C21H37IN4O2S. The molecule has 2 N–H and O–H groups in total. The van der Waals surface area contributed by atoms with Crippen molar-refractivity contribution in [2.75, 3.05) is 45.5 Å². The maximum absolute atomic E-state index is 12.6. The van der Waals surface area contributed by atoms with Crippen molar-refractivity contribution in [2.24, 2.45) is 4.99 Å². The standard InChI is InChI=1S/C21H36N4O2S.HI/c1-21(2,3)18-8-10-19(11-9-18)28(26,27)17-13-24-20(22-4)23-12-16-25-14-6-5-7-15-25;/h8-11H,5-7,12-17H2,1-4H3,(H2,22,23,24);1H. The Hall–Kier alpha value is -0.870. The number of sulfone groups is 1. The van der Waals surface area contributed by atoms with Crippen molar-refractivity contribution in [1.29, 1.82) is 0 Å². The monoisotopic (exact) mass is 536 g/mol. The molecule has 0 aliphatic carbocycles. The third kappa shape index (κ3) is 8.80. The minimum absolute atomic E-state index is 0. The van der Waals surface area contributed by atoms with Crippen LogP contribution in [0.1, 0.15) is 45.6 Å². The Bertz CT molecular complexity index is 737. The summed E-state index contributed by atoms with van der Waals surface area (Å²) in [7, 11) is -1.61. The van der Waals surface area contributed by atoms with Crippen LogP contribution in [0, 0.1) is 0 Å². The highest BCUT2D eigenvalue weighted by molar-refractivity contribution is 14.0. The molecule has 0 aromatic heterocycles. The predicted molar refractivity (Wildman–Crippen MR) is 132 cm³/mol. The lowest BCUT2D eigenvalue weighted by Crippen LogP contribution is -2.43. The molecule has 1 aliphatic rings. The lowest BCUT2D eigenvalue weighted by molar-refractivity contribution is 0.232. The Kier molecular flexibility index (Phi) is 10.9. The van der Waals surface area contributed by atoms with E-state index >= 15 is 0 Å². The van der Waals surface area contributed by atoms with Gasteiger partial charge in [0.25, 0.3) is 0 Å². The third-order valence-electron chi connectivity index (χ3n) is 5.14. The van der Waals surface area contributed by atoms with Crippen LogP contribution >= 0.6 is 24.0 Å². The maximum Gasteiger partial charge on any atom is 0.191 e. The van der Waals surface area contributed by atoms with Gasteiger partial charge in [0, 0.05) is 26.7 Å². The van der Waals surface area contributed by atoms with Crippen LogP contribution < -0.4 is 10.6 Å². The molecule has 0 saturated carbocycles. The van der Waals surface area contributed by atoms with Gasteiger partial charge in [-0.05, 0) is 49.0 Å². The van der Waals surface area contributed by atoms with E-state index in [1.165, 1.54) is 32.4 Å². The van der Waals surface area contributed by atoms with Gasteiger partial charge in [0.1, 0.15) is 0 Å². The Morgan fingerprint density at radius 2 is 1.62 bits per heavy atom. The SMILES string of the molecule is CN=C(NCCN1CCCCC1)NCCS(=O)(=O)c1ccc(C(C)(C)C)cc1.I. The quantitative estimate of drug-likeness (QED) is 0.319. The molecule has 0 unspecified atom stereocenters. The molecular weight excluding hydrogens is 499 g/mol. The zero-order chi connectivity index (χ0) is 20.6. The van der Waals surface area contributed by atoms with E-state index < -0.39 is 9.84 Å². The van der Waals surface area contributed by atoms with Crippen LogP contribution in [0.3, 0.4) is 0 Å².